The van der Waals surface area contributed by atoms with Crippen molar-refractivity contribution in [3.8, 4) is 0 Å². The zero-order valence-electron chi connectivity index (χ0n) is 14.4. The van der Waals surface area contributed by atoms with Crippen molar-refractivity contribution in [3.05, 3.63) is 65.3 Å². The van der Waals surface area contributed by atoms with Crippen molar-refractivity contribution in [1.82, 2.24) is 0 Å². The van der Waals surface area contributed by atoms with Crippen LogP contribution in [0.25, 0.3) is 5.57 Å². The molecule has 0 nitrogen and oxygen atoms in total. The van der Waals surface area contributed by atoms with Crippen LogP contribution in [0.4, 0.5) is 0 Å². The second-order valence-electron chi connectivity index (χ2n) is 6.18. The van der Waals surface area contributed by atoms with Gasteiger partial charge in [0.05, 0.1) is 0 Å². The van der Waals surface area contributed by atoms with Gasteiger partial charge in [-0.15, -0.1) is 0 Å². The van der Waals surface area contributed by atoms with Crippen molar-refractivity contribution >= 4 is 14.4 Å². The summed E-state index contributed by atoms with van der Waals surface area (Å²) in [7, 11) is -0.614. The van der Waals surface area contributed by atoms with E-state index in [9.17, 15) is 0 Å². The zero-order chi connectivity index (χ0) is 15.4. The summed E-state index contributed by atoms with van der Waals surface area (Å²) >= 11 is 0. The van der Waals surface area contributed by atoms with Crippen LogP contribution in [0.15, 0.2) is 54.1 Å². The van der Waals surface area contributed by atoms with Gasteiger partial charge in [0, 0.05) is 8.80 Å². The van der Waals surface area contributed by atoms with Crippen molar-refractivity contribution in [2.24, 2.45) is 0 Å². The smallest absolute Gasteiger partial charge is 0.0959 e. The molecule has 1 aliphatic carbocycles. The minimum Gasteiger partial charge on any atom is -0.0959 e. The largest absolute Gasteiger partial charge is 4.00 e. The van der Waals surface area contributed by atoms with Crippen LogP contribution in [0, 0.1) is 0 Å². The molecule has 0 radical (unpaired) electrons. The zero-order valence-corrected chi connectivity index (χ0v) is 17.1. The first kappa shape index (κ1) is 20.4. The van der Waals surface area contributed by atoms with Gasteiger partial charge in [-0.1, -0.05) is 67.2 Å². The van der Waals surface area contributed by atoms with Crippen LogP contribution in [0.5, 0.6) is 0 Å². The van der Waals surface area contributed by atoms with E-state index in [-0.39, 0.29) is 21.7 Å². The summed E-state index contributed by atoms with van der Waals surface area (Å²) in [5.41, 5.74) is 9.14. The third kappa shape index (κ3) is 4.95. The average molecular weight is 332 g/mol. The number of fused-ring (bicyclic) bond motifs is 1. The van der Waals surface area contributed by atoms with Crippen LogP contribution in [0.2, 0.25) is 13.1 Å². The third-order valence-corrected chi connectivity index (χ3v) is 6.35. The fraction of sp³-hybridized carbons (Fsp3) is 0.368. The second kappa shape index (κ2) is 8.73. The van der Waals surface area contributed by atoms with Gasteiger partial charge in [-0.25, -0.2) is 0 Å². The Bertz CT molecular complexity index is 540. The fourth-order valence-electron chi connectivity index (χ4n) is 2.65. The van der Waals surface area contributed by atoms with Crippen LogP contribution in [0.3, 0.4) is 0 Å². The maximum atomic E-state index is 3.66. The number of rotatable bonds is 2. The molecular formula is C19H28SiTi+4. The third-order valence-electron chi connectivity index (χ3n) is 4.15. The van der Waals surface area contributed by atoms with E-state index in [1.807, 2.05) is 13.8 Å². The number of hydrogen-bond acceptors (Lipinski definition) is 0. The molecule has 1 atom stereocenters. The van der Waals surface area contributed by atoms with E-state index in [1.165, 1.54) is 11.1 Å². The van der Waals surface area contributed by atoms with Gasteiger partial charge in [-0.3, -0.25) is 0 Å². The molecule has 1 aromatic carbocycles. The SMILES string of the molecule is C=C(C)C(=C)C.CC1=C(C)C([SiH](C)C)c2ccccc21.[Ti+4]. The summed E-state index contributed by atoms with van der Waals surface area (Å²) in [5, 5.41) is 0. The van der Waals surface area contributed by atoms with Gasteiger partial charge in [0.15, 0.2) is 0 Å². The number of allylic oxidation sites excluding steroid dienone is 4. The monoisotopic (exact) mass is 332 g/mol. The van der Waals surface area contributed by atoms with E-state index >= 15 is 0 Å². The van der Waals surface area contributed by atoms with Gasteiger partial charge in [0.2, 0.25) is 0 Å². The molecular weight excluding hydrogens is 304 g/mol. The second-order valence-corrected chi connectivity index (χ2v) is 9.33. The molecule has 21 heavy (non-hydrogen) atoms. The van der Waals surface area contributed by atoms with Crippen molar-refractivity contribution < 1.29 is 21.7 Å². The Kier molecular flexibility index (Phi) is 8.47. The summed E-state index contributed by atoms with van der Waals surface area (Å²) in [5.74, 6) is 0. The van der Waals surface area contributed by atoms with Gasteiger partial charge < -0.3 is 0 Å². The van der Waals surface area contributed by atoms with E-state index in [2.05, 4.69) is 64.4 Å². The molecule has 0 heterocycles. The van der Waals surface area contributed by atoms with Crippen LogP contribution in [0.1, 0.15) is 44.4 Å². The molecule has 1 aromatic rings. The first-order chi connectivity index (χ1) is 9.27. The maximum absolute atomic E-state index is 3.66. The summed E-state index contributed by atoms with van der Waals surface area (Å²) in [4.78, 5) is 0. The van der Waals surface area contributed by atoms with E-state index < -0.39 is 8.80 Å². The molecule has 1 aliphatic rings. The van der Waals surface area contributed by atoms with E-state index in [4.69, 9.17) is 0 Å². The molecule has 2 rings (SSSR count). The topological polar surface area (TPSA) is 0 Å². The van der Waals surface area contributed by atoms with Gasteiger partial charge in [0.25, 0.3) is 0 Å². The number of hydrogen-bond donors (Lipinski definition) is 0. The fourth-order valence-corrected chi connectivity index (χ4v) is 4.91. The Labute approximate surface area is 147 Å². The molecule has 0 N–H and O–H groups in total. The van der Waals surface area contributed by atoms with Crippen LogP contribution in [-0.4, -0.2) is 8.80 Å². The van der Waals surface area contributed by atoms with Crippen LogP contribution >= 0.6 is 0 Å². The molecule has 2 heteroatoms. The molecule has 0 spiro atoms. The van der Waals surface area contributed by atoms with Gasteiger partial charge >= 0.3 is 21.7 Å². The minimum atomic E-state index is -0.614. The maximum Gasteiger partial charge on any atom is 4.00 e. The number of benzene rings is 1. The molecule has 0 aliphatic heterocycles. The summed E-state index contributed by atoms with van der Waals surface area (Å²) in [6.45, 7) is 20.7. The Morgan fingerprint density at radius 1 is 1.00 bits per heavy atom. The minimum absolute atomic E-state index is 0. The molecule has 0 saturated heterocycles. The Morgan fingerprint density at radius 3 is 1.90 bits per heavy atom. The van der Waals surface area contributed by atoms with Crippen molar-refractivity contribution in [2.75, 3.05) is 0 Å². The van der Waals surface area contributed by atoms with Crippen LogP contribution in [-0.2, 0) is 21.7 Å². The predicted octanol–water partition coefficient (Wildman–Crippen LogP) is 5.74. The van der Waals surface area contributed by atoms with Crippen LogP contribution < -0.4 is 0 Å². The first-order valence-electron chi connectivity index (χ1n) is 7.35. The molecule has 108 valence electrons. The summed E-state index contributed by atoms with van der Waals surface area (Å²) < 4.78 is 0. The molecule has 0 saturated carbocycles. The van der Waals surface area contributed by atoms with Gasteiger partial charge in [0.1, 0.15) is 0 Å². The van der Waals surface area contributed by atoms with E-state index in [1.54, 1.807) is 11.1 Å². The Hall–Kier alpha value is -0.629. The molecule has 1 unspecified atom stereocenters. The van der Waals surface area contributed by atoms with Gasteiger partial charge in [-0.2, -0.15) is 0 Å². The molecule has 0 aromatic heterocycles. The molecule has 0 amide bonds. The van der Waals surface area contributed by atoms with E-state index in [0.29, 0.717) is 0 Å². The molecule has 0 fully saturated rings. The van der Waals surface area contributed by atoms with E-state index in [0.717, 1.165) is 16.7 Å². The first-order valence-corrected chi connectivity index (χ1v) is 10.3. The molecule has 0 bridgehead atoms. The van der Waals surface area contributed by atoms with Crippen molar-refractivity contribution in [2.45, 2.75) is 46.3 Å². The van der Waals surface area contributed by atoms with Crippen molar-refractivity contribution in [3.63, 3.8) is 0 Å². The summed E-state index contributed by atoms with van der Waals surface area (Å²) in [6.07, 6.45) is 0. The Balaban J connectivity index is 0.000000495. The van der Waals surface area contributed by atoms with Crippen molar-refractivity contribution in [1.29, 1.82) is 0 Å². The Morgan fingerprint density at radius 2 is 1.48 bits per heavy atom. The predicted molar refractivity (Wildman–Crippen MR) is 96.0 cm³/mol. The summed E-state index contributed by atoms with van der Waals surface area (Å²) in [6, 6.07) is 8.91. The van der Waals surface area contributed by atoms with Gasteiger partial charge in [-0.05, 0) is 49.9 Å². The standard InChI is InChI=1S/C13H18Si.C6H10.Ti/c1-9-10(2)13(14(3)4)12-8-6-5-7-11(9)12;1-5(2)6(3)4;/h5-8,13-14H,1-4H3;1,3H2,2,4H3;/q;;+4. The average Bonchev–Trinajstić information content (AvgIpc) is 2.63. The quantitative estimate of drug-likeness (QED) is 0.478. The normalized spacial score (nSPS) is 15.9.